The predicted molar refractivity (Wildman–Crippen MR) is 69.9 cm³/mol. The molecule has 0 aromatic carbocycles. The number of carbonyl (C=O) groups is 1. The van der Waals surface area contributed by atoms with E-state index in [4.69, 9.17) is 0 Å². The van der Waals surface area contributed by atoms with Crippen LogP contribution in [0, 0.1) is 0 Å². The summed E-state index contributed by atoms with van der Waals surface area (Å²) in [6, 6.07) is 0.514. The molecule has 0 aliphatic rings. The maximum absolute atomic E-state index is 11.1. The van der Waals surface area contributed by atoms with E-state index < -0.39 is 0 Å². The van der Waals surface area contributed by atoms with E-state index in [1.807, 2.05) is 17.8 Å². The molecule has 1 amide bonds. The number of hydrogen-bond donors (Lipinski definition) is 2. The minimum absolute atomic E-state index is 0.0330. The van der Waals surface area contributed by atoms with Crippen molar-refractivity contribution in [2.75, 3.05) is 6.54 Å². The molecule has 0 bridgehead atoms. The van der Waals surface area contributed by atoms with Gasteiger partial charge in [-0.25, -0.2) is 0 Å². The molecule has 1 heterocycles. The molecule has 6 nitrogen and oxygen atoms in total. The van der Waals surface area contributed by atoms with Crippen molar-refractivity contribution in [3.05, 3.63) is 11.9 Å². The molecular formula is C12H23N5O. The quantitative estimate of drug-likeness (QED) is 0.669. The first-order valence-electron chi connectivity index (χ1n) is 6.51. The molecule has 1 aromatic rings. The molecule has 0 aliphatic heterocycles. The number of amides is 1. The minimum Gasteiger partial charge on any atom is -0.350 e. The smallest absolute Gasteiger partial charge is 0.220 e. The van der Waals surface area contributed by atoms with E-state index in [1.165, 1.54) is 0 Å². The van der Waals surface area contributed by atoms with Crippen LogP contribution in [0.25, 0.3) is 0 Å². The van der Waals surface area contributed by atoms with Crippen molar-refractivity contribution in [2.45, 2.75) is 52.7 Å². The van der Waals surface area contributed by atoms with Gasteiger partial charge in [-0.05, 0) is 13.0 Å². The van der Waals surface area contributed by atoms with Crippen molar-refractivity contribution in [1.82, 2.24) is 25.6 Å². The van der Waals surface area contributed by atoms with Gasteiger partial charge in [0.25, 0.3) is 0 Å². The third kappa shape index (κ3) is 5.77. The van der Waals surface area contributed by atoms with E-state index in [0.29, 0.717) is 19.0 Å². The lowest BCUT2D eigenvalue weighted by Gasteiger charge is -2.06. The topological polar surface area (TPSA) is 71.8 Å². The van der Waals surface area contributed by atoms with Crippen LogP contribution in [0.2, 0.25) is 0 Å². The summed E-state index contributed by atoms with van der Waals surface area (Å²) < 4.78 is 1.81. The molecule has 102 valence electrons. The molecule has 2 N–H and O–H groups in total. The lowest BCUT2D eigenvalue weighted by Crippen LogP contribution is -2.24. The number of nitrogens with zero attached hydrogens (tertiary/aromatic N) is 3. The van der Waals surface area contributed by atoms with E-state index in [9.17, 15) is 4.79 Å². The summed E-state index contributed by atoms with van der Waals surface area (Å²) >= 11 is 0. The third-order valence-corrected chi connectivity index (χ3v) is 2.49. The Balaban J connectivity index is 2.23. The number of carbonyl (C=O) groups excluding carboxylic acids is 1. The molecule has 0 radical (unpaired) electrons. The van der Waals surface area contributed by atoms with Crippen molar-refractivity contribution >= 4 is 5.91 Å². The van der Waals surface area contributed by atoms with Gasteiger partial charge in [0.2, 0.25) is 5.91 Å². The molecule has 0 aliphatic carbocycles. The molecule has 0 atom stereocenters. The molecule has 1 rings (SSSR count). The molecular weight excluding hydrogens is 230 g/mol. The molecule has 0 fully saturated rings. The largest absolute Gasteiger partial charge is 0.350 e. The monoisotopic (exact) mass is 253 g/mol. The summed E-state index contributed by atoms with van der Waals surface area (Å²) in [5.41, 5.74) is 0.800. The van der Waals surface area contributed by atoms with Gasteiger partial charge in [0.15, 0.2) is 0 Å². The van der Waals surface area contributed by atoms with Crippen LogP contribution in [0.4, 0.5) is 0 Å². The Morgan fingerprint density at radius 2 is 2.28 bits per heavy atom. The molecule has 0 unspecified atom stereocenters. The summed E-state index contributed by atoms with van der Waals surface area (Å²) in [6.07, 6.45) is 3.39. The van der Waals surface area contributed by atoms with E-state index in [1.54, 1.807) is 0 Å². The normalized spacial score (nSPS) is 10.9. The van der Waals surface area contributed by atoms with Crippen molar-refractivity contribution in [3.63, 3.8) is 0 Å². The number of hydrogen-bond acceptors (Lipinski definition) is 4. The average Bonchev–Trinajstić information content (AvgIpc) is 2.79. The maximum atomic E-state index is 11.1. The Morgan fingerprint density at radius 3 is 2.94 bits per heavy atom. The Kier molecular flexibility index (Phi) is 6.35. The summed E-state index contributed by atoms with van der Waals surface area (Å²) in [7, 11) is 0. The highest BCUT2D eigenvalue weighted by Crippen LogP contribution is 1.95. The van der Waals surface area contributed by atoms with Crippen LogP contribution in [0.5, 0.6) is 0 Å². The molecule has 0 saturated carbocycles. The first kappa shape index (κ1) is 14.6. The van der Waals surface area contributed by atoms with Gasteiger partial charge in [-0.2, -0.15) is 0 Å². The summed E-state index contributed by atoms with van der Waals surface area (Å²) in [5, 5.41) is 14.2. The van der Waals surface area contributed by atoms with Gasteiger partial charge in [-0.15, -0.1) is 5.10 Å². The highest BCUT2D eigenvalue weighted by molar-refractivity contribution is 5.75. The first-order valence-corrected chi connectivity index (χ1v) is 6.51. The van der Waals surface area contributed by atoms with Crippen molar-refractivity contribution in [3.8, 4) is 0 Å². The van der Waals surface area contributed by atoms with Crippen molar-refractivity contribution in [1.29, 1.82) is 0 Å². The lowest BCUT2D eigenvalue weighted by molar-refractivity contribution is -0.120. The van der Waals surface area contributed by atoms with Crippen LogP contribution < -0.4 is 10.6 Å². The number of aromatic nitrogens is 3. The van der Waals surface area contributed by atoms with Crippen LogP contribution >= 0.6 is 0 Å². The SMILES string of the molecule is CCC(=O)NCc1cn(CCCNC(C)C)nn1. The Hall–Kier alpha value is -1.43. The van der Waals surface area contributed by atoms with Gasteiger partial charge in [-0.3, -0.25) is 9.48 Å². The molecule has 0 saturated heterocycles. The lowest BCUT2D eigenvalue weighted by atomic mass is 10.3. The van der Waals surface area contributed by atoms with Gasteiger partial charge in [0, 0.05) is 19.0 Å². The van der Waals surface area contributed by atoms with Crippen LogP contribution in [-0.4, -0.2) is 33.5 Å². The second-order valence-corrected chi connectivity index (χ2v) is 4.57. The molecule has 0 spiro atoms. The van der Waals surface area contributed by atoms with E-state index >= 15 is 0 Å². The highest BCUT2D eigenvalue weighted by atomic mass is 16.1. The van der Waals surface area contributed by atoms with Gasteiger partial charge in [-0.1, -0.05) is 26.0 Å². The second kappa shape index (κ2) is 7.81. The van der Waals surface area contributed by atoms with Crippen molar-refractivity contribution in [2.24, 2.45) is 0 Å². The molecule has 18 heavy (non-hydrogen) atoms. The zero-order chi connectivity index (χ0) is 13.4. The van der Waals surface area contributed by atoms with Gasteiger partial charge in [0.05, 0.1) is 12.7 Å². The number of nitrogens with one attached hydrogen (secondary N) is 2. The van der Waals surface area contributed by atoms with Crippen LogP contribution in [0.15, 0.2) is 6.20 Å². The maximum Gasteiger partial charge on any atom is 0.220 e. The zero-order valence-corrected chi connectivity index (χ0v) is 11.4. The molecule has 6 heteroatoms. The highest BCUT2D eigenvalue weighted by Gasteiger charge is 2.02. The Bertz CT molecular complexity index is 361. The van der Waals surface area contributed by atoms with Gasteiger partial charge < -0.3 is 10.6 Å². The van der Waals surface area contributed by atoms with Crippen molar-refractivity contribution < 1.29 is 4.79 Å². The molecule has 1 aromatic heterocycles. The van der Waals surface area contributed by atoms with Crippen LogP contribution in [0.3, 0.4) is 0 Å². The van der Waals surface area contributed by atoms with Gasteiger partial charge >= 0.3 is 0 Å². The first-order chi connectivity index (χ1) is 8.61. The third-order valence-electron chi connectivity index (χ3n) is 2.49. The van der Waals surface area contributed by atoms with E-state index in [-0.39, 0.29) is 5.91 Å². The zero-order valence-electron chi connectivity index (χ0n) is 11.4. The number of rotatable bonds is 8. The summed E-state index contributed by atoms with van der Waals surface area (Å²) in [4.78, 5) is 11.1. The van der Waals surface area contributed by atoms with E-state index in [2.05, 4.69) is 34.8 Å². The standard InChI is InChI=1S/C12H23N5O/c1-4-12(18)14-8-11-9-17(16-15-11)7-5-6-13-10(2)3/h9-10,13H,4-8H2,1-3H3,(H,14,18). The summed E-state index contributed by atoms with van der Waals surface area (Å²) in [5.74, 6) is 0.0330. The predicted octanol–water partition coefficient (Wildman–Crippen LogP) is 0.692. The van der Waals surface area contributed by atoms with Crippen LogP contribution in [-0.2, 0) is 17.9 Å². The van der Waals surface area contributed by atoms with Crippen LogP contribution in [0.1, 0.15) is 39.3 Å². The average molecular weight is 253 g/mol. The second-order valence-electron chi connectivity index (χ2n) is 4.57. The fourth-order valence-corrected chi connectivity index (χ4v) is 1.47. The van der Waals surface area contributed by atoms with Gasteiger partial charge in [0.1, 0.15) is 5.69 Å². The Labute approximate surface area is 108 Å². The summed E-state index contributed by atoms with van der Waals surface area (Å²) in [6.45, 7) is 8.35. The fourth-order valence-electron chi connectivity index (χ4n) is 1.47. The Morgan fingerprint density at radius 1 is 1.50 bits per heavy atom. The number of aryl methyl sites for hydroxylation is 1. The van der Waals surface area contributed by atoms with E-state index in [0.717, 1.165) is 25.2 Å². The minimum atomic E-state index is 0.0330. The fraction of sp³-hybridized carbons (Fsp3) is 0.750.